The molecule has 0 aromatic rings. The topological polar surface area (TPSA) is 30.9 Å². The van der Waals surface area contributed by atoms with E-state index in [1.165, 1.54) is 4.90 Å². The summed E-state index contributed by atoms with van der Waals surface area (Å²) in [4.78, 5) is 8.30. The molecule has 1 atom stereocenters. The number of hydrogen-bond donors (Lipinski definition) is 1. The molecule has 4 nitrogen and oxygen atoms in total. The number of rotatable bonds is 5. The molecule has 0 aromatic heterocycles. The Hall–Kier alpha value is -0.630. The molecule has 26 heavy (non-hydrogen) atoms. The van der Waals surface area contributed by atoms with E-state index in [-0.39, 0.29) is 0 Å². The Kier molecular flexibility index (Phi) is 8.39. The Bertz CT molecular complexity index is 448. The number of likely N-dealkylation sites (tertiary alicyclic amines) is 1. The second-order valence-electron chi connectivity index (χ2n) is 7.70. The number of hydrogen-bond acceptors (Lipinski definition) is 3. The van der Waals surface area contributed by atoms with Crippen molar-refractivity contribution >= 4 is 17.7 Å². The molecule has 2 aliphatic heterocycles. The second-order valence-corrected chi connectivity index (χ2v) is 9.04. The maximum Gasteiger partial charge on any atom is 0.401 e. The van der Waals surface area contributed by atoms with Crippen LogP contribution in [0.25, 0.3) is 0 Å². The molecule has 2 fully saturated rings. The van der Waals surface area contributed by atoms with Gasteiger partial charge < -0.3 is 10.2 Å². The molecule has 0 aromatic carbocycles. The maximum atomic E-state index is 12.5. The minimum Gasteiger partial charge on any atom is -0.356 e. The van der Waals surface area contributed by atoms with Crippen LogP contribution in [0.4, 0.5) is 13.2 Å². The highest BCUT2D eigenvalue weighted by Gasteiger charge is 2.32. The number of nitrogens with one attached hydrogen (secondary N) is 1. The lowest BCUT2D eigenvalue weighted by atomic mass is 9.93. The van der Waals surface area contributed by atoms with Gasteiger partial charge in [0.15, 0.2) is 5.96 Å². The van der Waals surface area contributed by atoms with Crippen molar-refractivity contribution < 1.29 is 13.2 Å². The van der Waals surface area contributed by atoms with Crippen LogP contribution in [0, 0.1) is 11.8 Å². The molecule has 2 heterocycles. The van der Waals surface area contributed by atoms with Gasteiger partial charge in [-0.1, -0.05) is 13.8 Å². The molecule has 0 spiro atoms. The van der Waals surface area contributed by atoms with Crippen molar-refractivity contribution in [3.8, 4) is 0 Å². The van der Waals surface area contributed by atoms with Crippen LogP contribution >= 0.6 is 11.8 Å². The third-order valence-corrected chi connectivity index (χ3v) is 6.83. The molecular weight excluding hydrogens is 361 g/mol. The van der Waals surface area contributed by atoms with Gasteiger partial charge in [-0.3, -0.25) is 9.89 Å². The van der Waals surface area contributed by atoms with E-state index in [2.05, 4.69) is 29.1 Å². The average molecular weight is 395 g/mol. The molecule has 1 unspecified atom stereocenters. The molecule has 8 heteroatoms. The van der Waals surface area contributed by atoms with E-state index in [0.29, 0.717) is 30.2 Å². The van der Waals surface area contributed by atoms with Gasteiger partial charge in [0.2, 0.25) is 0 Å². The van der Waals surface area contributed by atoms with Gasteiger partial charge >= 0.3 is 6.18 Å². The smallest absolute Gasteiger partial charge is 0.356 e. The average Bonchev–Trinajstić information content (AvgIpc) is 2.59. The molecule has 2 aliphatic rings. The fraction of sp³-hybridized carbons (Fsp3) is 0.944. The molecule has 152 valence electrons. The molecule has 0 bridgehead atoms. The van der Waals surface area contributed by atoms with Crippen molar-refractivity contribution in [3.63, 3.8) is 0 Å². The van der Waals surface area contributed by atoms with Crippen LogP contribution in [0.15, 0.2) is 4.99 Å². The second kappa shape index (κ2) is 10.1. The van der Waals surface area contributed by atoms with Crippen LogP contribution in [-0.4, -0.2) is 79.3 Å². The summed E-state index contributed by atoms with van der Waals surface area (Å²) in [5.74, 6) is 3.25. The van der Waals surface area contributed by atoms with Gasteiger partial charge in [-0.25, -0.2) is 0 Å². The van der Waals surface area contributed by atoms with Gasteiger partial charge in [0.25, 0.3) is 0 Å². The molecule has 0 saturated carbocycles. The summed E-state index contributed by atoms with van der Waals surface area (Å²) >= 11 is 2.04. The van der Waals surface area contributed by atoms with E-state index in [4.69, 9.17) is 0 Å². The normalized spacial score (nSPS) is 24.3. The first kappa shape index (κ1) is 21.7. The summed E-state index contributed by atoms with van der Waals surface area (Å²) < 4.78 is 37.4. The number of alkyl halides is 3. The van der Waals surface area contributed by atoms with E-state index in [0.717, 1.165) is 50.6 Å². The zero-order valence-corrected chi connectivity index (χ0v) is 17.0. The molecular formula is C18H33F3N4S. The lowest BCUT2D eigenvalue weighted by Crippen LogP contribution is -2.49. The van der Waals surface area contributed by atoms with Crippen LogP contribution in [0.2, 0.25) is 0 Å². The van der Waals surface area contributed by atoms with E-state index in [1.807, 2.05) is 18.8 Å². The number of halogens is 3. The Balaban J connectivity index is 1.68. The molecule has 2 saturated heterocycles. The van der Waals surface area contributed by atoms with Crippen molar-refractivity contribution in [3.05, 3.63) is 0 Å². The Morgan fingerprint density at radius 3 is 2.50 bits per heavy atom. The number of nitrogens with zero attached hydrogens (tertiary/aromatic N) is 3. The fourth-order valence-corrected chi connectivity index (χ4v) is 4.98. The highest BCUT2D eigenvalue weighted by Crippen LogP contribution is 2.26. The molecule has 2 rings (SSSR count). The first-order valence-electron chi connectivity index (χ1n) is 9.65. The number of thioether (sulfide) groups is 1. The zero-order chi connectivity index (χ0) is 19.2. The van der Waals surface area contributed by atoms with Crippen molar-refractivity contribution in [1.29, 1.82) is 0 Å². The predicted octanol–water partition coefficient (Wildman–Crippen LogP) is 3.30. The minimum atomic E-state index is -4.08. The first-order chi connectivity index (χ1) is 12.3. The van der Waals surface area contributed by atoms with Gasteiger partial charge in [0.05, 0.1) is 6.54 Å². The van der Waals surface area contributed by atoms with Crippen molar-refractivity contribution in [2.45, 2.75) is 44.5 Å². The maximum absolute atomic E-state index is 12.5. The van der Waals surface area contributed by atoms with E-state index in [9.17, 15) is 13.2 Å². The highest BCUT2D eigenvalue weighted by molar-refractivity contribution is 8.00. The highest BCUT2D eigenvalue weighted by atomic mass is 32.2. The van der Waals surface area contributed by atoms with Crippen LogP contribution in [0.5, 0.6) is 0 Å². The molecule has 1 N–H and O–H groups in total. The lowest BCUT2D eigenvalue weighted by Gasteiger charge is -2.36. The van der Waals surface area contributed by atoms with Gasteiger partial charge in [-0.05, 0) is 44.2 Å². The van der Waals surface area contributed by atoms with Gasteiger partial charge in [0.1, 0.15) is 0 Å². The summed E-state index contributed by atoms with van der Waals surface area (Å²) in [6.07, 6.45) is -1.38. The molecule has 0 radical (unpaired) electrons. The Morgan fingerprint density at radius 2 is 1.92 bits per heavy atom. The molecule has 0 aliphatic carbocycles. The third-order valence-electron chi connectivity index (χ3n) is 5.29. The standard InChI is InChI=1S/C18H33F3N4S/c1-14(2)16-12-25(10-11-26-16)17(22-3)23-7-4-15-5-8-24(9-6-15)13-18(19,20)21/h14-16H,4-13H2,1-3H3,(H,22,23). The van der Waals surface area contributed by atoms with E-state index >= 15 is 0 Å². The quantitative estimate of drug-likeness (QED) is 0.573. The van der Waals surface area contributed by atoms with Crippen LogP contribution in [0.3, 0.4) is 0 Å². The Morgan fingerprint density at radius 1 is 1.23 bits per heavy atom. The number of aliphatic imine (C=N–C) groups is 1. The van der Waals surface area contributed by atoms with Crippen molar-refractivity contribution in [2.75, 3.05) is 52.1 Å². The Labute approximate surface area is 160 Å². The summed E-state index contributed by atoms with van der Waals surface area (Å²) in [6.45, 7) is 7.75. The lowest BCUT2D eigenvalue weighted by molar-refractivity contribution is -0.148. The third kappa shape index (κ3) is 7.18. The molecule has 0 amide bonds. The monoisotopic (exact) mass is 394 g/mol. The summed E-state index contributed by atoms with van der Waals surface area (Å²) in [7, 11) is 1.82. The van der Waals surface area contributed by atoms with Crippen LogP contribution in [0.1, 0.15) is 33.1 Å². The van der Waals surface area contributed by atoms with Gasteiger partial charge in [-0.15, -0.1) is 0 Å². The predicted molar refractivity (Wildman–Crippen MR) is 104 cm³/mol. The number of guanidine groups is 1. The fourth-order valence-electron chi connectivity index (χ4n) is 3.68. The summed E-state index contributed by atoms with van der Waals surface area (Å²) in [5.41, 5.74) is 0. The largest absolute Gasteiger partial charge is 0.401 e. The SMILES string of the molecule is CN=C(NCCC1CCN(CC(F)(F)F)CC1)N1CCSC(C(C)C)C1. The van der Waals surface area contributed by atoms with Crippen LogP contribution < -0.4 is 5.32 Å². The number of piperidine rings is 1. The van der Waals surface area contributed by atoms with Gasteiger partial charge in [0, 0.05) is 37.7 Å². The summed E-state index contributed by atoms with van der Waals surface area (Å²) in [6, 6.07) is 0. The van der Waals surface area contributed by atoms with E-state index < -0.39 is 12.7 Å². The first-order valence-corrected chi connectivity index (χ1v) is 10.7. The van der Waals surface area contributed by atoms with Gasteiger partial charge in [-0.2, -0.15) is 24.9 Å². The van der Waals surface area contributed by atoms with Crippen LogP contribution in [-0.2, 0) is 0 Å². The van der Waals surface area contributed by atoms with Crippen molar-refractivity contribution in [2.24, 2.45) is 16.8 Å². The zero-order valence-electron chi connectivity index (χ0n) is 16.2. The van der Waals surface area contributed by atoms with Crippen molar-refractivity contribution in [1.82, 2.24) is 15.1 Å². The minimum absolute atomic E-state index is 0.505. The summed E-state index contributed by atoms with van der Waals surface area (Å²) in [5, 5.41) is 4.11. The van der Waals surface area contributed by atoms with E-state index in [1.54, 1.807) is 0 Å².